The second kappa shape index (κ2) is 9.42. The topological polar surface area (TPSA) is 58.1 Å². The number of hydrogen-bond donors (Lipinski definition) is 3. The van der Waals surface area contributed by atoms with Gasteiger partial charge in [-0.15, -0.1) is 0 Å². The zero-order valence-corrected chi connectivity index (χ0v) is 16.1. The minimum atomic E-state index is -0.195. The summed E-state index contributed by atoms with van der Waals surface area (Å²) in [5.41, 5.74) is 7.14. The van der Waals surface area contributed by atoms with Gasteiger partial charge in [-0.3, -0.25) is 15.6 Å². The Bertz CT molecular complexity index is 725. The molecule has 3 N–H and O–H groups in total. The summed E-state index contributed by atoms with van der Waals surface area (Å²) in [6.07, 6.45) is 6.59. The van der Waals surface area contributed by atoms with Gasteiger partial charge in [0.2, 0.25) is 0 Å². The zero-order chi connectivity index (χ0) is 18.2. The maximum absolute atomic E-state index is 12.4. The van der Waals surface area contributed by atoms with Crippen molar-refractivity contribution in [2.45, 2.75) is 39.5 Å². The fourth-order valence-electron chi connectivity index (χ4n) is 2.93. The Morgan fingerprint density at radius 1 is 1.24 bits per heavy atom. The summed E-state index contributed by atoms with van der Waals surface area (Å²) in [6.45, 7) is 5.22. The van der Waals surface area contributed by atoms with E-state index in [1.54, 1.807) is 0 Å². The van der Waals surface area contributed by atoms with Crippen molar-refractivity contribution < 1.29 is 4.79 Å². The number of nitrogens with one attached hydrogen (secondary N) is 3. The lowest BCUT2D eigenvalue weighted by atomic mass is 9.99. The molecule has 1 amide bonds. The molecule has 0 saturated carbocycles. The van der Waals surface area contributed by atoms with Crippen molar-refractivity contribution in [1.29, 1.82) is 0 Å². The molecule has 0 aliphatic rings. The molecular weight excluding hydrogens is 332 g/mol. The van der Waals surface area contributed by atoms with Crippen LogP contribution in [0.15, 0.2) is 30.5 Å². The van der Waals surface area contributed by atoms with E-state index >= 15 is 0 Å². The molecule has 0 radical (unpaired) electrons. The van der Waals surface area contributed by atoms with Crippen molar-refractivity contribution in [3.8, 4) is 0 Å². The van der Waals surface area contributed by atoms with Gasteiger partial charge in [0.1, 0.15) is 0 Å². The van der Waals surface area contributed by atoms with Crippen LogP contribution in [0.5, 0.6) is 0 Å². The number of hydrazine groups is 1. The van der Waals surface area contributed by atoms with Crippen molar-refractivity contribution in [3.05, 3.63) is 36.0 Å². The van der Waals surface area contributed by atoms with E-state index in [-0.39, 0.29) is 5.91 Å². The molecule has 1 aromatic heterocycles. The molecule has 0 spiro atoms. The highest BCUT2D eigenvalue weighted by Gasteiger charge is 2.13. The van der Waals surface area contributed by atoms with Crippen LogP contribution in [0.25, 0.3) is 10.9 Å². The molecule has 2 rings (SSSR count). The van der Waals surface area contributed by atoms with Crippen LogP contribution in [0, 0.1) is 5.92 Å². The van der Waals surface area contributed by atoms with E-state index in [9.17, 15) is 4.79 Å². The number of unbranched alkanes of at least 4 members (excludes halogenated alkanes) is 1. The van der Waals surface area contributed by atoms with E-state index in [0.29, 0.717) is 16.6 Å². The van der Waals surface area contributed by atoms with Gasteiger partial charge >= 0.3 is 0 Å². The number of carbonyl (C=O) groups is 1. The molecule has 5 nitrogen and oxygen atoms in total. The molecule has 0 bridgehead atoms. The van der Waals surface area contributed by atoms with Crippen LogP contribution in [0.1, 0.15) is 49.9 Å². The Labute approximate surface area is 155 Å². The maximum atomic E-state index is 12.4. The molecule has 6 heteroatoms. The number of rotatable bonds is 7. The Kier molecular flexibility index (Phi) is 7.25. The van der Waals surface area contributed by atoms with E-state index < -0.39 is 0 Å². The van der Waals surface area contributed by atoms with Gasteiger partial charge in [0, 0.05) is 30.7 Å². The first-order valence-electron chi connectivity index (χ1n) is 8.95. The van der Waals surface area contributed by atoms with Gasteiger partial charge < -0.3 is 9.88 Å². The number of nitrogens with zero attached hydrogens (tertiary/aromatic N) is 1. The predicted octanol–water partition coefficient (Wildman–Crippen LogP) is 3.50. The standard InChI is InChI=1S/C19H28N4OS/c1-4-6-9-14(5-2)12-20-19(25)22-21-18(24)16-13-23(3)17-11-8-7-10-15(16)17/h7-8,10-11,13-14H,4-6,9,12H2,1-3H3,(H,21,24)(H2,20,22,25)/t14-/m1/s1. The van der Waals surface area contributed by atoms with Gasteiger partial charge in [0.25, 0.3) is 5.91 Å². The number of fused-ring (bicyclic) bond motifs is 1. The molecule has 1 heterocycles. The molecule has 1 atom stereocenters. The minimum absolute atomic E-state index is 0.195. The molecule has 0 aliphatic carbocycles. The quantitative estimate of drug-likeness (QED) is 0.522. The number of para-hydroxylation sites is 1. The van der Waals surface area contributed by atoms with Crippen molar-refractivity contribution in [3.63, 3.8) is 0 Å². The number of amides is 1. The average Bonchev–Trinajstić information content (AvgIpc) is 2.97. The molecule has 0 unspecified atom stereocenters. The predicted molar refractivity (Wildman–Crippen MR) is 107 cm³/mol. The third kappa shape index (κ3) is 5.19. The number of carbonyl (C=O) groups excluding carboxylic acids is 1. The summed E-state index contributed by atoms with van der Waals surface area (Å²) in [5.74, 6) is 0.410. The maximum Gasteiger partial charge on any atom is 0.271 e. The summed E-state index contributed by atoms with van der Waals surface area (Å²) in [6, 6.07) is 7.83. The van der Waals surface area contributed by atoms with Crippen LogP contribution in [0.4, 0.5) is 0 Å². The second-order valence-electron chi connectivity index (χ2n) is 6.38. The fraction of sp³-hybridized carbons (Fsp3) is 0.474. The lowest BCUT2D eigenvalue weighted by molar-refractivity contribution is 0.0945. The summed E-state index contributed by atoms with van der Waals surface area (Å²) in [4.78, 5) is 12.4. The number of hydrogen-bond acceptors (Lipinski definition) is 2. The number of aromatic nitrogens is 1. The van der Waals surface area contributed by atoms with Crippen molar-refractivity contribution in [2.75, 3.05) is 6.54 Å². The van der Waals surface area contributed by atoms with Gasteiger partial charge in [-0.1, -0.05) is 51.3 Å². The van der Waals surface area contributed by atoms with Crippen LogP contribution in [-0.2, 0) is 7.05 Å². The Hall–Kier alpha value is -2.08. The first-order valence-corrected chi connectivity index (χ1v) is 9.35. The summed E-state index contributed by atoms with van der Waals surface area (Å²) >= 11 is 5.26. The molecular formula is C19H28N4OS. The van der Waals surface area contributed by atoms with E-state index in [0.717, 1.165) is 23.9 Å². The number of thiocarbonyl (C=S) groups is 1. The van der Waals surface area contributed by atoms with Crippen LogP contribution < -0.4 is 16.2 Å². The Balaban J connectivity index is 1.85. The van der Waals surface area contributed by atoms with E-state index in [2.05, 4.69) is 30.0 Å². The fourth-order valence-corrected chi connectivity index (χ4v) is 3.06. The van der Waals surface area contributed by atoms with Gasteiger partial charge in [-0.25, -0.2) is 0 Å². The van der Waals surface area contributed by atoms with Gasteiger partial charge in [0.15, 0.2) is 5.11 Å². The van der Waals surface area contributed by atoms with Gasteiger partial charge in [-0.2, -0.15) is 0 Å². The first-order chi connectivity index (χ1) is 12.1. The molecule has 0 saturated heterocycles. The lowest BCUT2D eigenvalue weighted by Crippen LogP contribution is -2.47. The summed E-state index contributed by atoms with van der Waals surface area (Å²) < 4.78 is 1.94. The highest BCUT2D eigenvalue weighted by atomic mass is 32.1. The number of benzene rings is 1. The van der Waals surface area contributed by atoms with Gasteiger partial charge in [0.05, 0.1) is 5.56 Å². The average molecular weight is 361 g/mol. The zero-order valence-electron chi connectivity index (χ0n) is 15.3. The second-order valence-corrected chi connectivity index (χ2v) is 6.78. The van der Waals surface area contributed by atoms with Crippen LogP contribution in [-0.4, -0.2) is 22.1 Å². The molecule has 2 aromatic rings. The molecule has 1 aromatic carbocycles. The number of aryl methyl sites for hydroxylation is 1. The SMILES string of the molecule is CCCC[C@@H](CC)CNC(=S)NNC(=O)c1cn(C)c2ccccc12. The van der Waals surface area contributed by atoms with Crippen molar-refractivity contribution in [2.24, 2.45) is 13.0 Å². The van der Waals surface area contributed by atoms with Gasteiger partial charge in [-0.05, 0) is 30.6 Å². The monoisotopic (exact) mass is 360 g/mol. The Morgan fingerprint density at radius 2 is 2.00 bits per heavy atom. The van der Waals surface area contributed by atoms with Crippen LogP contribution in [0.2, 0.25) is 0 Å². The minimum Gasteiger partial charge on any atom is -0.361 e. The summed E-state index contributed by atoms with van der Waals surface area (Å²) in [5, 5.41) is 4.56. The molecule has 0 aliphatic heterocycles. The van der Waals surface area contributed by atoms with E-state index in [1.807, 2.05) is 42.1 Å². The molecule has 25 heavy (non-hydrogen) atoms. The third-order valence-electron chi connectivity index (χ3n) is 4.53. The van der Waals surface area contributed by atoms with E-state index in [4.69, 9.17) is 12.2 Å². The Morgan fingerprint density at radius 3 is 2.72 bits per heavy atom. The highest BCUT2D eigenvalue weighted by molar-refractivity contribution is 7.80. The lowest BCUT2D eigenvalue weighted by Gasteiger charge is -2.17. The first kappa shape index (κ1) is 19.2. The normalized spacial score (nSPS) is 12.0. The van der Waals surface area contributed by atoms with Crippen molar-refractivity contribution in [1.82, 2.24) is 20.7 Å². The summed E-state index contributed by atoms with van der Waals surface area (Å²) in [7, 11) is 1.93. The smallest absolute Gasteiger partial charge is 0.271 e. The third-order valence-corrected chi connectivity index (χ3v) is 4.77. The van der Waals surface area contributed by atoms with Crippen LogP contribution in [0.3, 0.4) is 0 Å². The molecule has 0 fully saturated rings. The molecule has 136 valence electrons. The largest absolute Gasteiger partial charge is 0.361 e. The van der Waals surface area contributed by atoms with Crippen LogP contribution >= 0.6 is 12.2 Å². The highest BCUT2D eigenvalue weighted by Crippen LogP contribution is 2.19. The van der Waals surface area contributed by atoms with Crippen molar-refractivity contribution >= 4 is 34.1 Å². The van der Waals surface area contributed by atoms with E-state index in [1.165, 1.54) is 19.3 Å².